The van der Waals surface area contributed by atoms with Crippen LogP contribution in [0.25, 0.3) is 0 Å². The van der Waals surface area contributed by atoms with Gasteiger partial charge in [0.05, 0.1) is 17.9 Å². The summed E-state index contributed by atoms with van der Waals surface area (Å²) in [7, 11) is 0. The van der Waals surface area contributed by atoms with E-state index in [0.29, 0.717) is 12.1 Å². The van der Waals surface area contributed by atoms with Crippen LogP contribution in [0.15, 0.2) is 60.0 Å². The highest BCUT2D eigenvalue weighted by atomic mass is 32.2. The van der Waals surface area contributed by atoms with Gasteiger partial charge in [-0.25, -0.2) is 4.39 Å². The molecule has 2 aromatic carbocycles. The number of halogens is 1. The molecule has 0 unspecified atom stereocenters. The van der Waals surface area contributed by atoms with Crippen molar-refractivity contribution in [3.8, 4) is 0 Å². The number of thioether (sulfide) groups is 1. The molecule has 0 bridgehead atoms. The number of nitrogens with zero attached hydrogens (tertiary/aromatic N) is 1. The average Bonchev–Trinajstić information content (AvgIpc) is 3.33. The molecule has 4 rings (SSSR count). The van der Waals surface area contributed by atoms with Crippen LogP contribution in [-0.4, -0.2) is 17.6 Å². The molecular formula is C22H19FN2O2S2. The highest BCUT2D eigenvalue weighted by Gasteiger charge is 2.35. The van der Waals surface area contributed by atoms with E-state index in [-0.39, 0.29) is 28.6 Å². The third-order valence-electron chi connectivity index (χ3n) is 4.60. The molecule has 0 aliphatic carbocycles. The Morgan fingerprint density at radius 3 is 2.86 bits per heavy atom. The Bertz CT molecular complexity index is 1050. The van der Waals surface area contributed by atoms with Crippen LogP contribution in [0.1, 0.15) is 21.4 Å². The van der Waals surface area contributed by atoms with Gasteiger partial charge >= 0.3 is 0 Å². The largest absolute Gasteiger partial charge is 0.326 e. The van der Waals surface area contributed by atoms with E-state index in [1.165, 1.54) is 22.7 Å². The van der Waals surface area contributed by atoms with Crippen molar-refractivity contribution < 1.29 is 14.0 Å². The average molecular weight is 427 g/mol. The van der Waals surface area contributed by atoms with Crippen molar-refractivity contribution in [2.75, 3.05) is 16.0 Å². The summed E-state index contributed by atoms with van der Waals surface area (Å²) in [6.45, 7) is 1.87. The van der Waals surface area contributed by atoms with E-state index in [0.717, 1.165) is 16.0 Å². The number of anilines is 2. The molecule has 1 aliphatic rings. The molecule has 29 heavy (non-hydrogen) atoms. The number of carbonyl (C=O) groups is 2. The quantitative estimate of drug-likeness (QED) is 0.613. The van der Waals surface area contributed by atoms with Gasteiger partial charge in [-0.05, 0) is 53.8 Å². The molecule has 1 aliphatic heterocycles. The third-order valence-corrected chi connectivity index (χ3v) is 6.69. The van der Waals surface area contributed by atoms with Gasteiger partial charge in [0.2, 0.25) is 11.8 Å². The SMILES string of the molecule is Cc1ccc(F)c(N2C(=O)CS[C@H]2c2cccc(NC(=O)Cc3cccs3)c2)c1. The van der Waals surface area contributed by atoms with Crippen LogP contribution in [0.4, 0.5) is 15.8 Å². The second-order valence-corrected chi connectivity index (χ2v) is 8.91. The van der Waals surface area contributed by atoms with Crippen LogP contribution in [0.5, 0.6) is 0 Å². The van der Waals surface area contributed by atoms with Crippen molar-refractivity contribution in [1.29, 1.82) is 0 Å². The van der Waals surface area contributed by atoms with Crippen molar-refractivity contribution in [2.24, 2.45) is 0 Å². The summed E-state index contributed by atoms with van der Waals surface area (Å²) in [6.07, 6.45) is 0.319. The van der Waals surface area contributed by atoms with Gasteiger partial charge in [0.15, 0.2) is 0 Å². The first kappa shape index (κ1) is 19.7. The predicted octanol–water partition coefficient (Wildman–Crippen LogP) is 5.16. The zero-order chi connectivity index (χ0) is 20.4. The fourth-order valence-electron chi connectivity index (χ4n) is 3.28. The third kappa shape index (κ3) is 4.36. The van der Waals surface area contributed by atoms with Gasteiger partial charge in [-0.15, -0.1) is 23.1 Å². The van der Waals surface area contributed by atoms with Crippen molar-refractivity contribution in [2.45, 2.75) is 18.7 Å². The van der Waals surface area contributed by atoms with Gasteiger partial charge in [-0.1, -0.05) is 24.3 Å². The van der Waals surface area contributed by atoms with E-state index in [4.69, 9.17) is 0 Å². The van der Waals surface area contributed by atoms with E-state index in [1.807, 2.05) is 48.7 Å². The minimum atomic E-state index is -0.420. The lowest BCUT2D eigenvalue weighted by Gasteiger charge is -2.25. The second-order valence-electron chi connectivity index (χ2n) is 6.81. The summed E-state index contributed by atoms with van der Waals surface area (Å²) in [5, 5.41) is 4.51. The number of benzene rings is 2. The molecule has 2 amide bonds. The number of aryl methyl sites for hydroxylation is 1. The Morgan fingerprint density at radius 1 is 1.21 bits per heavy atom. The maximum atomic E-state index is 14.5. The van der Waals surface area contributed by atoms with Gasteiger partial charge in [0.1, 0.15) is 11.2 Å². The lowest BCUT2D eigenvalue weighted by molar-refractivity contribution is -0.116. The number of hydrogen-bond acceptors (Lipinski definition) is 4. The van der Waals surface area contributed by atoms with Crippen LogP contribution in [0, 0.1) is 12.7 Å². The molecule has 4 nitrogen and oxygen atoms in total. The summed E-state index contributed by atoms with van der Waals surface area (Å²) in [4.78, 5) is 27.4. The van der Waals surface area contributed by atoms with Crippen LogP contribution in [0.2, 0.25) is 0 Å². The number of rotatable bonds is 5. The topological polar surface area (TPSA) is 49.4 Å². The Hall–Kier alpha value is -2.64. The van der Waals surface area contributed by atoms with Crippen molar-refractivity contribution in [3.63, 3.8) is 0 Å². The molecule has 1 fully saturated rings. The molecule has 1 aromatic heterocycles. The number of amides is 2. The normalized spacial score (nSPS) is 16.3. The van der Waals surface area contributed by atoms with E-state index in [9.17, 15) is 14.0 Å². The molecule has 0 saturated carbocycles. The first-order valence-electron chi connectivity index (χ1n) is 9.13. The number of nitrogens with one attached hydrogen (secondary N) is 1. The summed E-state index contributed by atoms with van der Waals surface area (Å²) in [5.74, 6) is -0.359. The summed E-state index contributed by atoms with van der Waals surface area (Å²) < 4.78 is 14.5. The molecule has 7 heteroatoms. The monoisotopic (exact) mass is 426 g/mol. The Kier molecular flexibility index (Phi) is 5.69. The highest BCUT2D eigenvalue weighted by molar-refractivity contribution is 8.00. The van der Waals surface area contributed by atoms with Crippen molar-refractivity contribution >= 4 is 46.3 Å². The molecule has 0 spiro atoms. The van der Waals surface area contributed by atoms with Gasteiger partial charge in [-0.2, -0.15) is 0 Å². The molecule has 1 atom stereocenters. The summed E-state index contributed by atoms with van der Waals surface area (Å²) >= 11 is 2.99. The second kappa shape index (κ2) is 8.39. The summed E-state index contributed by atoms with van der Waals surface area (Å²) in [5.41, 5.74) is 2.68. The summed E-state index contributed by atoms with van der Waals surface area (Å²) in [6, 6.07) is 16.0. The molecule has 1 saturated heterocycles. The highest BCUT2D eigenvalue weighted by Crippen LogP contribution is 2.43. The van der Waals surface area contributed by atoms with E-state index >= 15 is 0 Å². The molecule has 3 aromatic rings. The maximum absolute atomic E-state index is 14.5. The Labute approximate surface area is 176 Å². The standard InChI is InChI=1S/C22H19FN2O2S2/c1-14-7-8-18(23)19(10-14)25-21(27)13-29-22(25)15-4-2-5-16(11-15)24-20(26)12-17-6-3-9-28-17/h2-11,22H,12-13H2,1H3,(H,24,26)/t22-/m0/s1. The zero-order valence-corrected chi connectivity index (χ0v) is 17.4. The van der Waals surface area contributed by atoms with Crippen molar-refractivity contribution in [3.05, 3.63) is 81.8 Å². The molecule has 0 radical (unpaired) electrons. The fraction of sp³-hybridized carbons (Fsp3) is 0.182. The molecule has 2 heterocycles. The smallest absolute Gasteiger partial charge is 0.238 e. The Morgan fingerprint density at radius 2 is 2.07 bits per heavy atom. The molecule has 148 valence electrons. The lowest BCUT2D eigenvalue weighted by atomic mass is 10.1. The zero-order valence-electron chi connectivity index (χ0n) is 15.7. The van der Waals surface area contributed by atoms with Crippen LogP contribution in [-0.2, 0) is 16.0 Å². The van der Waals surface area contributed by atoms with Gasteiger partial charge in [0.25, 0.3) is 0 Å². The first-order chi connectivity index (χ1) is 14.0. The van der Waals surface area contributed by atoms with Crippen LogP contribution < -0.4 is 10.2 Å². The number of thiophene rings is 1. The molecule has 1 N–H and O–H groups in total. The van der Waals surface area contributed by atoms with Crippen molar-refractivity contribution in [1.82, 2.24) is 0 Å². The van der Waals surface area contributed by atoms with E-state index < -0.39 is 5.82 Å². The van der Waals surface area contributed by atoms with Crippen LogP contribution in [0.3, 0.4) is 0 Å². The maximum Gasteiger partial charge on any atom is 0.238 e. The van der Waals surface area contributed by atoms with Gasteiger partial charge in [0, 0.05) is 10.6 Å². The number of hydrogen-bond donors (Lipinski definition) is 1. The Balaban J connectivity index is 1.57. The minimum absolute atomic E-state index is 0.0960. The minimum Gasteiger partial charge on any atom is -0.326 e. The molecular weight excluding hydrogens is 407 g/mol. The van der Waals surface area contributed by atoms with Gasteiger partial charge in [-0.3, -0.25) is 14.5 Å². The lowest BCUT2D eigenvalue weighted by Crippen LogP contribution is -2.28. The number of carbonyl (C=O) groups excluding carboxylic acids is 2. The van der Waals surface area contributed by atoms with Gasteiger partial charge < -0.3 is 5.32 Å². The van der Waals surface area contributed by atoms with E-state index in [1.54, 1.807) is 23.5 Å². The first-order valence-corrected chi connectivity index (χ1v) is 11.1. The fourth-order valence-corrected chi connectivity index (χ4v) is 5.15. The predicted molar refractivity (Wildman–Crippen MR) is 117 cm³/mol. The van der Waals surface area contributed by atoms with E-state index in [2.05, 4.69) is 5.32 Å². The van der Waals surface area contributed by atoms with Crippen LogP contribution >= 0.6 is 23.1 Å².